The van der Waals surface area contributed by atoms with Gasteiger partial charge < -0.3 is 14.2 Å². The van der Waals surface area contributed by atoms with Gasteiger partial charge in [-0.3, -0.25) is 0 Å². The average molecular weight is 364 g/mol. The molecule has 0 aliphatic rings. The van der Waals surface area contributed by atoms with E-state index in [9.17, 15) is 0 Å². The van der Waals surface area contributed by atoms with E-state index < -0.39 is 0 Å². The van der Waals surface area contributed by atoms with Gasteiger partial charge in [0.1, 0.15) is 5.69 Å². The summed E-state index contributed by atoms with van der Waals surface area (Å²) in [5, 5.41) is 6.33. The van der Waals surface area contributed by atoms with Crippen LogP contribution in [0.3, 0.4) is 0 Å². The van der Waals surface area contributed by atoms with Gasteiger partial charge in [0.25, 0.3) is 5.89 Å². The van der Waals surface area contributed by atoms with Crippen LogP contribution >= 0.6 is 0 Å². The van der Waals surface area contributed by atoms with E-state index in [1.54, 1.807) is 0 Å². The topological polar surface area (TPSA) is 76.8 Å². The molecule has 0 bridgehead atoms. The van der Waals surface area contributed by atoms with E-state index in [1.165, 1.54) is 10.9 Å². The van der Waals surface area contributed by atoms with Crippen LogP contribution in [-0.4, -0.2) is 26.7 Å². The molecule has 0 saturated heterocycles. The molecule has 4 rings (SSSR count). The van der Waals surface area contributed by atoms with Gasteiger partial charge in [-0.2, -0.15) is 4.98 Å². The van der Waals surface area contributed by atoms with Gasteiger partial charge >= 0.3 is 0 Å². The summed E-state index contributed by atoms with van der Waals surface area (Å²) >= 11 is 0. The molecule has 0 radical (unpaired) electrons. The first kappa shape index (κ1) is 17.7. The zero-order chi connectivity index (χ0) is 19.0. The zero-order valence-corrected chi connectivity index (χ0v) is 16.2. The molecule has 1 N–H and O–H groups in total. The Morgan fingerprint density at radius 3 is 2.70 bits per heavy atom. The summed E-state index contributed by atoms with van der Waals surface area (Å²) in [7, 11) is 0. The first-order chi connectivity index (χ1) is 13.2. The fourth-order valence-electron chi connectivity index (χ4n) is 3.73. The molecule has 1 atom stereocenters. The van der Waals surface area contributed by atoms with Crippen LogP contribution in [0.25, 0.3) is 33.4 Å². The number of nitrogens with one attached hydrogen (secondary N) is 1. The van der Waals surface area contributed by atoms with Crippen LogP contribution in [-0.2, 0) is 11.2 Å². The van der Waals surface area contributed by atoms with Crippen molar-refractivity contribution in [3.63, 3.8) is 0 Å². The van der Waals surface area contributed by atoms with Crippen molar-refractivity contribution < 1.29 is 9.26 Å². The molecule has 0 spiro atoms. The lowest BCUT2D eigenvalue weighted by Gasteiger charge is -2.17. The molecular formula is C21H24N4O2. The third kappa shape index (κ3) is 2.90. The van der Waals surface area contributed by atoms with E-state index in [0.717, 1.165) is 40.5 Å². The maximum absolute atomic E-state index is 6.01. The van der Waals surface area contributed by atoms with Crippen LogP contribution in [0.4, 0.5) is 0 Å². The van der Waals surface area contributed by atoms with Gasteiger partial charge in [-0.1, -0.05) is 31.1 Å². The highest BCUT2D eigenvalue weighted by Crippen LogP contribution is 2.37. The minimum atomic E-state index is 0.0591. The normalized spacial score (nSPS) is 12.9. The molecular weight excluding hydrogens is 340 g/mol. The summed E-state index contributed by atoms with van der Waals surface area (Å²) in [6.45, 7) is 8.93. The van der Waals surface area contributed by atoms with Crippen molar-refractivity contribution in [2.75, 3.05) is 6.61 Å². The molecule has 6 nitrogen and oxygen atoms in total. The average Bonchev–Trinajstić information content (AvgIpc) is 3.30. The second-order valence-corrected chi connectivity index (χ2v) is 6.64. The van der Waals surface area contributed by atoms with Crippen LogP contribution in [0.1, 0.15) is 50.2 Å². The largest absolute Gasteiger partial charge is 0.374 e. The summed E-state index contributed by atoms with van der Waals surface area (Å²) in [6, 6.07) is 6.32. The van der Waals surface area contributed by atoms with Crippen molar-refractivity contribution in [1.29, 1.82) is 0 Å². The van der Waals surface area contributed by atoms with Crippen molar-refractivity contribution in [1.82, 2.24) is 20.1 Å². The number of nitrogens with zero attached hydrogens (tertiary/aromatic N) is 3. The van der Waals surface area contributed by atoms with Gasteiger partial charge in [-0.05, 0) is 37.5 Å². The lowest BCUT2D eigenvalue weighted by Crippen LogP contribution is -2.03. The number of fused-ring (bicyclic) bond motifs is 3. The second kappa shape index (κ2) is 7.12. The first-order valence-electron chi connectivity index (χ1n) is 9.52. The van der Waals surface area contributed by atoms with Crippen molar-refractivity contribution in [3.8, 4) is 11.6 Å². The number of H-pyrrole nitrogens is 1. The number of aromatic nitrogens is 4. The van der Waals surface area contributed by atoms with Gasteiger partial charge in [0.05, 0.1) is 17.8 Å². The number of aromatic amines is 1. The molecule has 0 fully saturated rings. The number of aryl methyl sites for hydroxylation is 2. The van der Waals surface area contributed by atoms with Crippen molar-refractivity contribution in [2.24, 2.45) is 0 Å². The van der Waals surface area contributed by atoms with Crippen LogP contribution < -0.4 is 0 Å². The van der Waals surface area contributed by atoms with Gasteiger partial charge in [0.2, 0.25) is 0 Å². The predicted molar refractivity (Wildman–Crippen MR) is 106 cm³/mol. The first-order valence-corrected chi connectivity index (χ1v) is 9.52. The number of pyridine rings is 1. The smallest absolute Gasteiger partial charge is 0.276 e. The maximum atomic E-state index is 6.01. The van der Waals surface area contributed by atoms with Crippen molar-refractivity contribution >= 4 is 21.8 Å². The molecule has 3 aromatic heterocycles. The molecule has 27 heavy (non-hydrogen) atoms. The highest BCUT2D eigenvalue weighted by molar-refractivity contribution is 6.11. The number of hydrogen-bond acceptors (Lipinski definition) is 5. The summed E-state index contributed by atoms with van der Waals surface area (Å²) in [5.74, 6) is 1.16. The van der Waals surface area contributed by atoms with Crippen LogP contribution in [0.2, 0.25) is 0 Å². The van der Waals surface area contributed by atoms with Crippen LogP contribution in [0, 0.1) is 6.92 Å². The van der Waals surface area contributed by atoms with Crippen molar-refractivity contribution in [3.05, 3.63) is 41.3 Å². The maximum Gasteiger partial charge on any atom is 0.276 e. The van der Waals surface area contributed by atoms with E-state index >= 15 is 0 Å². The fourth-order valence-corrected chi connectivity index (χ4v) is 3.73. The van der Waals surface area contributed by atoms with Crippen molar-refractivity contribution in [2.45, 2.75) is 46.6 Å². The Morgan fingerprint density at radius 1 is 1.15 bits per heavy atom. The Kier molecular flexibility index (Phi) is 4.66. The Balaban J connectivity index is 1.99. The van der Waals surface area contributed by atoms with Crippen LogP contribution in [0.5, 0.6) is 0 Å². The Hall–Kier alpha value is -2.73. The lowest BCUT2D eigenvalue weighted by molar-refractivity contribution is 0.0609. The number of benzene rings is 1. The Morgan fingerprint density at radius 2 is 2.00 bits per heavy atom. The highest BCUT2D eigenvalue weighted by atomic mass is 16.5. The molecule has 1 aromatic carbocycles. The Labute approximate surface area is 157 Å². The van der Waals surface area contributed by atoms with Gasteiger partial charge in [0, 0.05) is 29.3 Å². The Bertz CT molecular complexity index is 1100. The van der Waals surface area contributed by atoms with Crippen LogP contribution in [0.15, 0.2) is 28.9 Å². The van der Waals surface area contributed by atoms with Gasteiger partial charge in [-0.15, -0.1) is 0 Å². The molecule has 6 heteroatoms. The monoisotopic (exact) mass is 364 g/mol. The third-order valence-electron chi connectivity index (χ3n) is 5.01. The summed E-state index contributed by atoms with van der Waals surface area (Å²) in [4.78, 5) is 12.5. The lowest BCUT2D eigenvalue weighted by atomic mass is 9.98. The molecule has 0 amide bonds. The number of hydrogen-bond donors (Lipinski definition) is 1. The molecule has 1 unspecified atom stereocenters. The SMILES string of the molecule is CCOC(CC)c1cccc2[nH]c3cnc(-c4nc(CC)no4)c(C)c3c12. The number of rotatable bonds is 6. The zero-order valence-electron chi connectivity index (χ0n) is 16.2. The molecule has 3 heterocycles. The quantitative estimate of drug-likeness (QED) is 0.513. The molecule has 140 valence electrons. The second-order valence-electron chi connectivity index (χ2n) is 6.64. The standard InChI is InChI=1S/C21H24N4O2/c1-5-16(26-7-3)13-9-8-10-14-19(13)18-12(4)20(22-11-15(18)23-14)21-24-17(6-2)25-27-21/h8-11,16,23H,5-7H2,1-4H3. The van der Waals surface area contributed by atoms with E-state index in [0.29, 0.717) is 18.3 Å². The molecule has 0 aliphatic heterocycles. The third-order valence-corrected chi connectivity index (χ3v) is 5.01. The van der Waals surface area contributed by atoms with Gasteiger partial charge in [0.15, 0.2) is 5.82 Å². The minimum Gasteiger partial charge on any atom is -0.374 e. The van der Waals surface area contributed by atoms with E-state index in [4.69, 9.17) is 9.26 Å². The fraction of sp³-hybridized carbons (Fsp3) is 0.381. The summed E-state index contributed by atoms with van der Waals surface area (Å²) < 4.78 is 11.4. The van der Waals surface area contributed by atoms with E-state index in [1.807, 2.05) is 20.0 Å². The highest BCUT2D eigenvalue weighted by Gasteiger charge is 2.21. The van der Waals surface area contributed by atoms with Gasteiger partial charge in [-0.25, -0.2) is 4.98 Å². The van der Waals surface area contributed by atoms with E-state index in [2.05, 4.69) is 52.2 Å². The summed E-state index contributed by atoms with van der Waals surface area (Å²) in [5.41, 5.74) is 5.05. The molecule has 0 saturated carbocycles. The number of ether oxygens (including phenoxy) is 1. The molecule has 0 aliphatic carbocycles. The van der Waals surface area contributed by atoms with E-state index in [-0.39, 0.29) is 6.10 Å². The predicted octanol–water partition coefficient (Wildman–Crippen LogP) is 5.12. The summed E-state index contributed by atoms with van der Waals surface area (Å²) in [6.07, 6.45) is 3.55. The molecule has 4 aromatic rings. The minimum absolute atomic E-state index is 0.0591.